The molecule has 156 valence electrons. The lowest BCUT2D eigenvalue weighted by Crippen LogP contribution is -2.26. The first-order valence-electron chi connectivity index (χ1n) is 10.2. The summed E-state index contributed by atoms with van der Waals surface area (Å²) in [6.45, 7) is 5.99. The van der Waals surface area contributed by atoms with Gasteiger partial charge in [-0.15, -0.1) is 5.10 Å². The predicted molar refractivity (Wildman–Crippen MR) is 116 cm³/mol. The van der Waals surface area contributed by atoms with Crippen LogP contribution >= 0.6 is 0 Å². The van der Waals surface area contributed by atoms with Crippen LogP contribution in [0, 0.1) is 0 Å². The minimum absolute atomic E-state index is 0.103. The molecule has 3 N–H and O–H groups in total. The van der Waals surface area contributed by atoms with Crippen molar-refractivity contribution < 1.29 is 9.53 Å². The van der Waals surface area contributed by atoms with Crippen molar-refractivity contribution in [2.24, 2.45) is 0 Å². The molecule has 1 aromatic carbocycles. The number of anilines is 2. The molecule has 0 saturated carbocycles. The van der Waals surface area contributed by atoms with Gasteiger partial charge in [0.25, 0.3) is 0 Å². The molecular formula is C22H26N6O2. The van der Waals surface area contributed by atoms with Gasteiger partial charge in [-0.2, -0.15) is 9.67 Å². The van der Waals surface area contributed by atoms with Crippen molar-refractivity contribution in [1.82, 2.24) is 19.7 Å². The van der Waals surface area contributed by atoms with Gasteiger partial charge in [-0.25, -0.2) is 4.79 Å². The number of nitrogens with zero attached hydrogens (tertiary/aromatic N) is 4. The minimum atomic E-state index is -0.356. The van der Waals surface area contributed by atoms with Gasteiger partial charge in [0, 0.05) is 18.8 Å². The summed E-state index contributed by atoms with van der Waals surface area (Å²) in [5.41, 5.74) is 8.40. The SMILES string of the molecule is CC(C)Oc1ccc(-n2nc(NC3C=CC(N4CCCC4)=CC3=C=O)nc2N)cc1. The van der Waals surface area contributed by atoms with Gasteiger partial charge >= 0.3 is 0 Å². The van der Waals surface area contributed by atoms with Crippen LogP contribution in [0.4, 0.5) is 11.9 Å². The normalized spacial score (nSPS) is 18.5. The molecule has 1 aromatic heterocycles. The third-order valence-electron chi connectivity index (χ3n) is 5.06. The van der Waals surface area contributed by atoms with Gasteiger partial charge in [0.05, 0.1) is 23.4 Å². The first-order chi connectivity index (χ1) is 14.5. The minimum Gasteiger partial charge on any atom is -0.491 e. The van der Waals surface area contributed by atoms with Crippen molar-refractivity contribution in [2.75, 3.05) is 24.1 Å². The molecule has 1 aliphatic carbocycles. The van der Waals surface area contributed by atoms with Gasteiger partial charge in [-0.1, -0.05) is 6.08 Å². The molecule has 2 aliphatic rings. The van der Waals surface area contributed by atoms with Gasteiger partial charge in [-0.05, 0) is 63.1 Å². The van der Waals surface area contributed by atoms with Crippen molar-refractivity contribution in [3.05, 3.63) is 53.8 Å². The van der Waals surface area contributed by atoms with Crippen LogP contribution in [-0.4, -0.2) is 50.8 Å². The number of allylic oxidation sites excluding steroid dienone is 1. The molecule has 30 heavy (non-hydrogen) atoms. The van der Waals surface area contributed by atoms with Gasteiger partial charge in [0.15, 0.2) is 0 Å². The zero-order chi connectivity index (χ0) is 21.1. The van der Waals surface area contributed by atoms with Crippen LogP contribution in [-0.2, 0) is 4.79 Å². The average Bonchev–Trinajstić information content (AvgIpc) is 3.39. The van der Waals surface area contributed by atoms with E-state index >= 15 is 0 Å². The maximum atomic E-state index is 11.5. The summed E-state index contributed by atoms with van der Waals surface area (Å²) in [7, 11) is 0. The highest BCUT2D eigenvalue weighted by molar-refractivity contribution is 5.65. The molecule has 8 heteroatoms. The predicted octanol–water partition coefficient (Wildman–Crippen LogP) is 2.72. The largest absolute Gasteiger partial charge is 0.491 e. The molecule has 4 rings (SSSR count). The highest BCUT2D eigenvalue weighted by Gasteiger charge is 2.22. The van der Waals surface area contributed by atoms with E-state index in [0.29, 0.717) is 11.5 Å². The van der Waals surface area contributed by atoms with E-state index < -0.39 is 0 Å². The number of hydrogen-bond acceptors (Lipinski definition) is 7. The van der Waals surface area contributed by atoms with Crippen molar-refractivity contribution >= 4 is 17.8 Å². The summed E-state index contributed by atoms with van der Waals surface area (Å²) < 4.78 is 7.21. The molecule has 1 atom stereocenters. The molecule has 1 fully saturated rings. The topological polar surface area (TPSA) is 98.3 Å². The Hall–Kier alpha value is -3.51. The molecule has 0 radical (unpaired) electrons. The van der Waals surface area contributed by atoms with Crippen LogP contribution in [0.2, 0.25) is 0 Å². The van der Waals surface area contributed by atoms with E-state index in [1.807, 2.05) is 62.3 Å². The zero-order valence-corrected chi connectivity index (χ0v) is 17.2. The monoisotopic (exact) mass is 406 g/mol. The lowest BCUT2D eigenvalue weighted by Gasteiger charge is -2.24. The summed E-state index contributed by atoms with van der Waals surface area (Å²) in [4.78, 5) is 18.1. The Morgan fingerprint density at radius 2 is 1.97 bits per heavy atom. The Morgan fingerprint density at radius 1 is 1.23 bits per heavy atom. The summed E-state index contributed by atoms with van der Waals surface area (Å²) in [6, 6.07) is 7.12. The van der Waals surface area contributed by atoms with Gasteiger partial charge in [0.2, 0.25) is 11.9 Å². The van der Waals surface area contributed by atoms with E-state index in [1.165, 1.54) is 12.8 Å². The molecule has 0 amide bonds. The Bertz CT molecular complexity index is 1010. The second-order valence-corrected chi connectivity index (χ2v) is 7.67. The number of rotatable bonds is 6. The molecule has 0 spiro atoms. The first kappa shape index (κ1) is 19.8. The molecule has 1 saturated heterocycles. The van der Waals surface area contributed by atoms with Crippen LogP contribution in [0.25, 0.3) is 5.69 Å². The van der Waals surface area contributed by atoms with Gasteiger partial charge in [-0.3, -0.25) is 0 Å². The number of ether oxygens (including phenoxy) is 1. The number of nitrogen functional groups attached to an aromatic ring is 1. The van der Waals surface area contributed by atoms with E-state index in [9.17, 15) is 4.79 Å². The van der Waals surface area contributed by atoms with E-state index in [4.69, 9.17) is 10.5 Å². The molecule has 1 aliphatic heterocycles. The number of hydrogen-bond donors (Lipinski definition) is 2. The standard InChI is InChI=1S/C22H26N6O2/c1-15(2)30-19-8-5-17(6-9-19)28-21(23)25-22(26-28)24-20-10-7-18(13-16(20)14-29)27-11-3-4-12-27/h5-10,13,15,20H,3-4,11-12H2,1-2H3,(H3,23,24,25,26). The van der Waals surface area contributed by atoms with E-state index in [1.54, 1.807) is 4.68 Å². The summed E-state index contributed by atoms with van der Waals surface area (Å²) in [5, 5.41) is 7.61. The van der Waals surface area contributed by atoms with Crippen LogP contribution in [0.15, 0.2) is 53.8 Å². The number of carbonyl (C=O) groups excluding carboxylic acids is 1. The van der Waals surface area contributed by atoms with Crippen molar-refractivity contribution in [3.8, 4) is 11.4 Å². The lowest BCUT2D eigenvalue weighted by molar-refractivity contribution is 0.242. The summed E-state index contributed by atoms with van der Waals surface area (Å²) >= 11 is 0. The smallest absolute Gasteiger partial charge is 0.245 e. The Morgan fingerprint density at radius 3 is 2.63 bits per heavy atom. The number of nitrogens with one attached hydrogen (secondary N) is 1. The highest BCUT2D eigenvalue weighted by Crippen LogP contribution is 2.24. The van der Waals surface area contributed by atoms with Crippen molar-refractivity contribution in [3.63, 3.8) is 0 Å². The number of nitrogens with two attached hydrogens (primary N) is 1. The second-order valence-electron chi connectivity index (χ2n) is 7.67. The molecule has 2 aromatic rings. The quantitative estimate of drug-likeness (QED) is 0.712. The van der Waals surface area contributed by atoms with Crippen LogP contribution in [0.1, 0.15) is 26.7 Å². The average molecular weight is 406 g/mol. The fourth-order valence-electron chi connectivity index (χ4n) is 3.64. The number of aromatic nitrogens is 3. The molecule has 2 heterocycles. The van der Waals surface area contributed by atoms with E-state index in [0.717, 1.165) is 30.2 Å². The van der Waals surface area contributed by atoms with Crippen LogP contribution in [0.5, 0.6) is 5.75 Å². The lowest BCUT2D eigenvalue weighted by atomic mass is 10.0. The molecule has 0 bridgehead atoms. The summed E-state index contributed by atoms with van der Waals surface area (Å²) in [5.74, 6) is 3.41. The number of benzene rings is 1. The third-order valence-corrected chi connectivity index (χ3v) is 5.06. The molecular weight excluding hydrogens is 380 g/mol. The second kappa shape index (κ2) is 8.47. The maximum absolute atomic E-state index is 11.5. The molecule has 1 unspecified atom stereocenters. The molecule has 8 nitrogen and oxygen atoms in total. The third kappa shape index (κ3) is 4.23. The highest BCUT2D eigenvalue weighted by atomic mass is 16.5. The van der Waals surface area contributed by atoms with E-state index in [-0.39, 0.29) is 18.1 Å². The number of likely N-dealkylation sites (tertiary alicyclic amines) is 1. The maximum Gasteiger partial charge on any atom is 0.245 e. The van der Waals surface area contributed by atoms with Crippen molar-refractivity contribution in [1.29, 1.82) is 0 Å². The zero-order valence-electron chi connectivity index (χ0n) is 17.2. The Labute approximate surface area is 175 Å². The Balaban J connectivity index is 1.48. The van der Waals surface area contributed by atoms with Gasteiger partial charge in [0.1, 0.15) is 11.7 Å². The van der Waals surface area contributed by atoms with Crippen molar-refractivity contribution in [2.45, 2.75) is 38.8 Å². The summed E-state index contributed by atoms with van der Waals surface area (Å²) in [6.07, 6.45) is 8.30. The first-order valence-corrected chi connectivity index (χ1v) is 10.2. The van der Waals surface area contributed by atoms with E-state index in [2.05, 4.69) is 20.3 Å². The Kier molecular flexibility index (Phi) is 5.59. The fourth-order valence-corrected chi connectivity index (χ4v) is 3.64. The van der Waals surface area contributed by atoms with Gasteiger partial charge < -0.3 is 20.7 Å². The fraction of sp³-hybridized carbons (Fsp3) is 0.364. The van der Waals surface area contributed by atoms with Crippen LogP contribution in [0.3, 0.4) is 0 Å². The van der Waals surface area contributed by atoms with Crippen LogP contribution < -0.4 is 15.8 Å².